The lowest BCUT2D eigenvalue weighted by atomic mass is 10.0. The van der Waals surface area contributed by atoms with Crippen LogP contribution in [0, 0.1) is 0 Å². The average Bonchev–Trinajstić information content (AvgIpc) is 3.20. The summed E-state index contributed by atoms with van der Waals surface area (Å²) in [6, 6.07) is 7.10. The zero-order chi connectivity index (χ0) is 21.2. The number of aliphatic carboxylic acids is 2. The van der Waals surface area contributed by atoms with Crippen LogP contribution in [-0.4, -0.2) is 69.6 Å². The first-order valence-electron chi connectivity index (χ1n) is 10.2. The summed E-state index contributed by atoms with van der Waals surface area (Å²) in [4.78, 5) is 37.7. The van der Waals surface area contributed by atoms with Gasteiger partial charge in [-0.1, -0.05) is 36.8 Å². The largest absolute Gasteiger partial charge is 0.480 e. The van der Waals surface area contributed by atoms with Crippen LogP contribution in [-0.2, 0) is 20.8 Å². The minimum atomic E-state index is -1.02. The van der Waals surface area contributed by atoms with E-state index in [9.17, 15) is 24.6 Å². The van der Waals surface area contributed by atoms with Gasteiger partial charge in [-0.2, -0.15) is 0 Å². The first-order chi connectivity index (χ1) is 13.9. The second-order valence-electron chi connectivity index (χ2n) is 7.45. The van der Waals surface area contributed by atoms with Crippen LogP contribution in [0.5, 0.6) is 0 Å². The third-order valence-corrected chi connectivity index (χ3v) is 5.33. The summed E-state index contributed by atoms with van der Waals surface area (Å²) in [5.74, 6) is -2.37. The van der Waals surface area contributed by atoms with Crippen LogP contribution >= 0.6 is 0 Å². The van der Waals surface area contributed by atoms with Crippen LogP contribution in [0.1, 0.15) is 44.1 Å². The van der Waals surface area contributed by atoms with Gasteiger partial charge in [-0.25, -0.2) is 4.79 Å². The van der Waals surface area contributed by atoms with E-state index in [0.717, 1.165) is 12.0 Å². The van der Waals surface area contributed by atoms with Crippen molar-refractivity contribution >= 4 is 17.8 Å². The van der Waals surface area contributed by atoms with E-state index in [0.29, 0.717) is 51.6 Å². The topological polar surface area (TPSA) is 164 Å². The summed E-state index contributed by atoms with van der Waals surface area (Å²) >= 11 is 0. The normalized spacial score (nSPS) is 17.8. The summed E-state index contributed by atoms with van der Waals surface area (Å²) in [6.45, 7) is 0.866. The maximum Gasteiger partial charge on any atom is 0.326 e. The number of hydrogen-bond acceptors (Lipinski definition) is 5. The number of amides is 1. The van der Waals surface area contributed by atoms with Gasteiger partial charge >= 0.3 is 11.9 Å². The molecule has 0 unspecified atom stereocenters. The van der Waals surface area contributed by atoms with Gasteiger partial charge in [-0.15, -0.1) is 0 Å². The molecule has 7 N–H and O–H groups in total. The maximum atomic E-state index is 13.1. The molecule has 1 aromatic carbocycles. The molecule has 3 atom stereocenters. The number of benzene rings is 1. The smallest absolute Gasteiger partial charge is 0.326 e. The molecule has 0 spiro atoms. The van der Waals surface area contributed by atoms with Gasteiger partial charge in [0.05, 0.1) is 6.04 Å². The van der Waals surface area contributed by atoms with Crippen LogP contribution in [0.4, 0.5) is 0 Å². The van der Waals surface area contributed by atoms with E-state index < -0.39 is 30.1 Å². The molecule has 0 radical (unpaired) electrons. The highest BCUT2D eigenvalue weighted by Gasteiger charge is 2.38. The van der Waals surface area contributed by atoms with E-state index in [-0.39, 0.29) is 11.4 Å². The van der Waals surface area contributed by atoms with Gasteiger partial charge in [-0.05, 0) is 50.6 Å². The molecule has 1 aliphatic heterocycles. The molecule has 0 saturated carbocycles. The van der Waals surface area contributed by atoms with Crippen molar-refractivity contribution in [2.45, 2.75) is 63.1 Å². The van der Waals surface area contributed by atoms with E-state index in [2.05, 4.69) is 5.32 Å². The fourth-order valence-electron chi connectivity index (χ4n) is 3.73. The lowest BCUT2D eigenvalue weighted by Crippen LogP contribution is -2.54. The highest BCUT2D eigenvalue weighted by Crippen LogP contribution is 2.20. The molecule has 1 aromatic rings. The summed E-state index contributed by atoms with van der Waals surface area (Å²) in [5, 5.41) is 22.0. The molecular formula is C21H33N3O6. The number of carboxylic acids is 2. The Morgan fingerprint density at radius 2 is 1.80 bits per heavy atom. The first-order valence-corrected chi connectivity index (χ1v) is 10.2. The molecule has 0 aromatic heterocycles. The monoisotopic (exact) mass is 423 g/mol. The van der Waals surface area contributed by atoms with Crippen molar-refractivity contribution < 1.29 is 30.1 Å². The predicted molar refractivity (Wildman–Crippen MR) is 112 cm³/mol. The molecule has 1 amide bonds. The Kier molecular flexibility index (Phi) is 11.0. The maximum absolute atomic E-state index is 13.1. The van der Waals surface area contributed by atoms with Gasteiger partial charge in [0.1, 0.15) is 12.1 Å². The predicted octanol–water partition coefficient (Wildman–Crippen LogP) is 0.411. The van der Waals surface area contributed by atoms with Crippen LogP contribution in [0.2, 0.25) is 0 Å². The molecule has 1 aliphatic rings. The zero-order valence-corrected chi connectivity index (χ0v) is 17.1. The van der Waals surface area contributed by atoms with Gasteiger partial charge in [0, 0.05) is 6.54 Å². The minimum Gasteiger partial charge on any atom is -0.480 e. The lowest BCUT2D eigenvalue weighted by molar-refractivity contribution is -0.149. The van der Waals surface area contributed by atoms with Crippen molar-refractivity contribution in [2.24, 2.45) is 5.73 Å². The standard InChI is InChI=1S/C21H31N3O5.H2O/c22-13-5-4-9-16(19(25)24-14-6-10-18(24)21(28)29)23-17(20(26)27)12-11-15-7-2-1-3-8-15;/h1-3,7-8,16-18,23H,4-6,9-14,22H2,(H,26,27)(H,28,29);1H2/t16-,17+,18-;/m0./s1. The molecule has 1 heterocycles. The van der Waals surface area contributed by atoms with Crippen molar-refractivity contribution in [3.8, 4) is 0 Å². The molecule has 0 bridgehead atoms. The Morgan fingerprint density at radius 1 is 1.10 bits per heavy atom. The number of carboxylic acid groups (broad SMARTS) is 2. The summed E-state index contributed by atoms with van der Waals surface area (Å²) in [5.41, 5.74) is 6.57. The summed E-state index contributed by atoms with van der Waals surface area (Å²) < 4.78 is 0. The Morgan fingerprint density at radius 3 is 2.40 bits per heavy atom. The molecule has 1 fully saturated rings. The molecular weight excluding hydrogens is 390 g/mol. The Hall–Kier alpha value is -2.49. The van der Waals surface area contributed by atoms with Crippen LogP contribution < -0.4 is 11.1 Å². The average molecular weight is 424 g/mol. The molecule has 2 rings (SSSR count). The van der Waals surface area contributed by atoms with E-state index >= 15 is 0 Å². The number of nitrogens with one attached hydrogen (secondary N) is 1. The van der Waals surface area contributed by atoms with Crippen molar-refractivity contribution in [2.75, 3.05) is 13.1 Å². The quantitative estimate of drug-likeness (QED) is 0.353. The van der Waals surface area contributed by atoms with Crippen molar-refractivity contribution in [3.63, 3.8) is 0 Å². The van der Waals surface area contributed by atoms with Gasteiger partial charge in [-0.3, -0.25) is 14.9 Å². The van der Waals surface area contributed by atoms with Crippen LogP contribution in [0.15, 0.2) is 30.3 Å². The molecule has 0 aliphatic carbocycles. The molecule has 9 heteroatoms. The molecule has 30 heavy (non-hydrogen) atoms. The van der Waals surface area contributed by atoms with Gasteiger partial charge in [0.2, 0.25) is 5.91 Å². The highest BCUT2D eigenvalue weighted by molar-refractivity contribution is 5.88. The minimum absolute atomic E-state index is 0. The SMILES string of the molecule is NCCCC[C@H](N[C@H](CCc1ccccc1)C(=O)O)C(=O)N1CCC[C@H]1C(=O)O.O. The van der Waals surface area contributed by atoms with E-state index in [1.165, 1.54) is 4.90 Å². The van der Waals surface area contributed by atoms with Gasteiger partial charge < -0.3 is 26.3 Å². The number of unbranched alkanes of at least 4 members (excludes halogenated alkanes) is 1. The van der Waals surface area contributed by atoms with Crippen molar-refractivity contribution in [3.05, 3.63) is 35.9 Å². The fraction of sp³-hybridized carbons (Fsp3) is 0.571. The Bertz CT molecular complexity index is 685. The number of aryl methyl sites for hydroxylation is 1. The fourth-order valence-corrected chi connectivity index (χ4v) is 3.73. The van der Waals surface area contributed by atoms with Gasteiger partial charge in [0.25, 0.3) is 0 Å². The molecule has 1 saturated heterocycles. The van der Waals surface area contributed by atoms with Crippen LogP contribution in [0.3, 0.4) is 0 Å². The van der Waals surface area contributed by atoms with E-state index in [1.54, 1.807) is 0 Å². The van der Waals surface area contributed by atoms with Crippen molar-refractivity contribution in [1.82, 2.24) is 10.2 Å². The van der Waals surface area contributed by atoms with Crippen molar-refractivity contribution in [1.29, 1.82) is 0 Å². The number of nitrogens with zero attached hydrogens (tertiary/aromatic N) is 1. The second kappa shape index (κ2) is 12.9. The Balaban J connectivity index is 0.00000450. The number of likely N-dealkylation sites (tertiary alicyclic amines) is 1. The third kappa shape index (κ3) is 7.40. The number of carbonyl (C=O) groups excluding carboxylic acids is 1. The highest BCUT2D eigenvalue weighted by atomic mass is 16.4. The Labute approximate surface area is 176 Å². The van der Waals surface area contributed by atoms with E-state index in [1.807, 2.05) is 30.3 Å². The third-order valence-electron chi connectivity index (χ3n) is 5.33. The number of nitrogens with two attached hydrogens (primary N) is 1. The molecule has 168 valence electrons. The molecule has 9 nitrogen and oxygen atoms in total. The second-order valence-corrected chi connectivity index (χ2v) is 7.45. The van der Waals surface area contributed by atoms with Gasteiger partial charge in [0.15, 0.2) is 0 Å². The lowest BCUT2D eigenvalue weighted by Gasteiger charge is -2.29. The summed E-state index contributed by atoms with van der Waals surface area (Å²) in [7, 11) is 0. The van der Waals surface area contributed by atoms with Crippen LogP contribution in [0.25, 0.3) is 0 Å². The summed E-state index contributed by atoms with van der Waals surface area (Å²) in [6.07, 6.45) is 3.76. The zero-order valence-electron chi connectivity index (χ0n) is 17.1. The first kappa shape index (κ1) is 25.5. The number of carbonyl (C=O) groups is 3. The number of hydrogen-bond donors (Lipinski definition) is 4. The number of rotatable bonds is 12. The van der Waals surface area contributed by atoms with E-state index in [4.69, 9.17) is 5.73 Å².